The number of anilines is 1. The Hall–Kier alpha value is -1.16. The third kappa shape index (κ3) is 2.99. The van der Waals surface area contributed by atoms with Gasteiger partial charge in [0.15, 0.2) is 0 Å². The van der Waals surface area contributed by atoms with Crippen LogP contribution in [0.2, 0.25) is 0 Å². The Balaban J connectivity index is 2.18. The lowest BCUT2D eigenvalue weighted by molar-refractivity contribution is -0.0220. The van der Waals surface area contributed by atoms with E-state index in [9.17, 15) is 8.78 Å². The Bertz CT molecular complexity index is 408. The van der Waals surface area contributed by atoms with Crippen molar-refractivity contribution in [2.45, 2.75) is 32.2 Å². The minimum Gasteiger partial charge on any atom is -0.371 e. The Kier molecular flexibility index (Phi) is 3.85. The molecule has 1 fully saturated rings. The van der Waals surface area contributed by atoms with Crippen LogP contribution in [0.5, 0.6) is 0 Å². The van der Waals surface area contributed by atoms with Crippen molar-refractivity contribution in [3.05, 3.63) is 29.3 Å². The molecule has 1 aliphatic heterocycles. The standard InChI is InChI=1S/C14H20F2N2/c1-11-3-4-13(12(9-11)10-17-2)18-7-5-14(15,16)6-8-18/h3-4,9,17H,5-8,10H2,1-2H3. The lowest BCUT2D eigenvalue weighted by atomic mass is 10.0. The van der Waals surface area contributed by atoms with Crippen molar-refractivity contribution in [1.29, 1.82) is 0 Å². The average molecular weight is 254 g/mol. The molecule has 100 valence electrons. The Morgan fingerprint density at radius 2 is 1.94 bits per heavy atom. The van der Waals surface area contributed by atoms with Crippen LogP contribution in [-0.4, -0.2) is 26.1 Å². The van der Waals surface area contributed by atoms with Crippen molar-refractivity contribution in [2.24, 2.45) is 0 Å². The van der Waals surface area contributed by atoms with Crippen LogP contribution in [0.4, 0.5) is 14.5 Å². The van der Waals surface area contributed by atoms with E-state index in [4.69, 9.17) is 0 Å². The van der Waals surface area contributed by atoms with Crippen LogP contribution in [0.1, 0.15) is 24.0 Å². The van der Waals surface area contributed by atoms with Crippen molar-refractivity contribution in [1.82, 2.24) is 5.32 Å². The zero-order chi connectivity index (χ0) is 13.2. The van der Waals surface area contributed by atoms with Crippen LogP contribution >= 0.6 is 0 Å². The molecule has 0 aromatic heterocycles. The second-order valence-electron chi connectivity index (χ2n) is 5.01. The largest absolute Gasteiger partial charge is 0.371 e. The van der Waals surface area contributed by atoms with Gasteiger partial charge in [-0.1, -0.05) is 17.7 Å². The molecule has 2 nitrogen and oxygen atoms in total. The highest BCUT2D eigenvalue weighted by molar-refractivity contribution is 5.55. The quantitative estimate of drug-likeness (QED) is 0.892. The van der Waals surface area contributed by atoms with Crippen LogP contribution in [0, 0.1) is 6.92 Å². The van der Waals surface area contributed by atoms with Gasteiger partial charge in [0.2, 0.25) is 0 Å². The lowest BCUT2D eigenvalue weighted by Gasteiger charge is -2.34. The fourth-order valence-electron chi connectivity index (χ4n) is 2.43. The molecule has 1 aromatic carbocycles. The third-order valence-electron chi connectivity index (χ3n) is 3.44. The Morgan fingerprint density at radius 3 is 2.56 bits per heavy atom. The number of nitrogens with zero attached hydrogens (tertiary/aromatic N) is 1. The first-order valence-electron chi connectivity index (χ1n) is 6.39. The zero-order valence-corrected chi connectivity index (χ0v) is 11.0. The predicted molar refractivity (Wildman–Crippen MR) is 70.3 cm³/mol. The smallest absolute Gasteiger partial charge is 0.251 e. The number of nitrogens with one attached hydrogen (secondary N) is 1. The monoisotopic (exact) mass is 254 g/mol. The summed E-state index contributed by atoms with van der Waals surface area (Å²) in [7, 11) is 1.90. The van der Waals surface area contributed by atoms with E-state index >= 15 is 0 Å². The normalized spacial score (nSPS) is 19.0. The van der Waals surface area contributed by atoms with Gasteiger partial charge in [0, 0.05) is 38.2 Å². The molecule has 0 unspecified atom stereocenters. The molecule has 1 saturated heterocycles. The van der Waals surface area contributed by atoms with Gasteiger partial charge in [-0.3, -0.25) is 0 Å². The molecule has 1 aliphatic rings. The number of benzene rings is 1. The first kappa shape index (κ1) is 13.3. The molecule has 0 saturated carbocycles. The van der Waals surface area contributed by atoms with Gasteiger partial charge in [-0.25, -0.2) is 8.78 Å². The first-order chi connectivity index (χ1) is 8.52. The summed E-state index contributed by atoms with van der Waals surface area (Å²) in [4.78, 5) is 2.07. The van der Waals surface area contributed by atoms with Gasteiger partial charge in [0.25, 0.3) is 5.92 Å². The molecule has 0 aliphatic carbocycles. The number of piperidine rings is 1. The fourth-order valence-corrected chi connectivity index (χ4v) is 2.43. The summed E-state index contributed by atoms with van der Waals surface area (Å²) in [6.45, 7) is 3.69. The molecular weight excluding hydrogens is 234 g/mol. The van der Waals surface area contributed by atoms with Crippen molar-refractivity contribution in [2.75, 3.05) is 25.0 Å². The second-order valence-corrected chi connectivity index (χ2v) is 5.01. The van der Waals surface area contributed by atoms with E-state index in [1.807, 2.05) is 26.1 Å². The summed E-state index contributed by atoms with van der Waals surface area (Å²) in [5.74, 6) is -2.48. The van der Waals surface area contributed by atoms with Crippen LogP contribution in [0.3, 0.4) is 0 Å². The van der Waals surface area contributed by atoms with Gasteiger partial charge in [0.1, 0.15) is 0 Å². The number of alkyl halides is 2. The van der Waals surface area contributed by atoms with E-state index in [0.29, 0.717) is 13.1 Å². The van der Waals surface area contributed by atoms with Gasteiger partial charge in [-0.05, 0) is 25.6 Å². The fraction of sp³-hybridized carbons (Fsp3) is 0.571. The van der Waals surface area contributed by atoms with Crippen LogP contribution < -0.4 is 10.2 Å². The predicted octanol–water partition coefficient (Wildman–Crippen LogP) is 2.95. The van der Waals surface area contributed by atoms with E-state index in [1.165, 1.54) is 11.1 Å². The topological polar surface area (TPSA) is 15.3 Å². The molecule has 0 amide bonds. The maximum atomic E-state index is 13.2. The SMILES string of the molecule is CNCc1cc(C)ccc1N1CCC(F)(F)CC1. The summed E-state index contributed by atoms with van der Waals surface area (Å²) < 4.78 is 26.3. The molecule has 18 heavy (non-hydrogen) atoms. The van der Waals surface area contributed by atoms with Crippen molar-refractivity contribution < 1.29 is 8.78 Å². The molecule has 1 N–H and O–H groups in total. The summed E-state index contributed by atoms with van der Waals surface area (Å²) in [6.07, 6.45) is -0.0836. The molecule has 1 heterocycles. The molecule has 0 bridgehead atoms. The lowest BCUT2D eigenvalue weighted by Crippen LogP contribution is -2.39. The minimum absolute atomic E-state index is 0.0418. The molecular formula is C14H20F2N2. The van der Waals surface area contributed by atoms with Crippen molar-refractivity contribution in [3.63, 3.8) is 0 Å². The van der Waals surface area contributed by atoms with Crippen LogP contribution in [0.25, 0.3) is 0 Å². The van der Waals surface area contributed by atoms with Crippen molar-refractivity contribution in [3.8, 4) is 0 Å². The number of hydrogen-bond donors (Lipinski definition) is 1. The van der Waals surface area contributed by atoms with E-state index in [0.717, 1.165) is 12.2 Å². The minimum atomic E-state index is -2.48. The van der Waals surface area contributed by atoms with E-state index in [2.05, 4.69) is 16.3 Å². The van der Waals surface area contributed by atoms with Gasteiger partial charge in [-0.15, -0.1) is 0 Å². The number of rotatable bonds is 3. The average Bonchev–Trinajstić information content (AvgIpc) is 2.31. The summed E-state index contributed by atoms with van der Waals surface area (Å²) in [6, 6.07) is 6.21. The van der Waals surface area contributed by atoms with Gasteiger partial charge >= 0.3 is 0 Å². The summed E-state index contributed by atoms with van der Waals surface area (Å²) >= 11 is 0. The van der Waals surface area contributed by atoms with Gasteiger partial charge in [-0.2, -0.15) is 0 Å². The van der Waals surface area contributed by atoms with E-state index in [-0.39, 0.29) is 12.8 Å². The van der Waals surface area contributed by atoms with Gasteiger partial charge < -0.3 is 10.2 Å². The molecule has 2 rings (SSSR count). The van der Waals surface area contributed by atoms with Crippen LogP contribution in [-0.2, 0) is 6.54 Å². The maximum absolute atomic E-state index is 13.2. The summed E-state index contributed by atoms with van der Waals surface area (Å²) in [5, 5.41) is 3.13. The molecule has 4 heteroatoms. The summed E-state index contributed by atoms with van der Waals surface area (Å²) in [5.41, 5.74) is 3.47. The highest BCUT2D eigenvalue weighted by atomic mass is 19.3. The molecule has 1 aromatic rings. The van der Waals surface area contributed by atoms with Crippen LogP contribution in [0.15, 0.2) is 18.2 Å². The second kappa shape index (κ2) is 5.22. The molecule has 0 radical (unpaired) electrons. The van der Waals surface area contributed by atoms with E-state index in [1.54, 1.807) is 0 Å². The number of hydrogen-bond acceptors (Lipinski definition) is 2. The first-order valence-corrected chi connectivity index (χ1v) is 6.39. The number of halogens is 2. The highest BCUT2D eigenvalue weighted by Gasteiger charge is 2.34. The number of aryl methyl sites for hydroxylation is 1. The third-order valence-corrected chi connectivity index (χ3v) is 3.44. The highest BCUT2D eigenvalue weighted by Crippen LogP contribution is 2.32. The maximum Gasteiger partial charge on any atom is 0.251 e. The Morgan fingerprint density at radius 1 is 1.28 bits per heavy atom. The molecule has 0 atom stereocenters. The van der Waals surface area contributed by atoms with Crippen molar-refractivity contribution >= 4 is 5.69 Å². The Labute approximate surface area is 107 Å². The van der Waals surface area contributed by atoms with E-state index < -0.39 is 5.92 Å². The zero-order valence-electron chi connectivity index (χ0n) is 11.0. The molecule has 0 spiro atoms. The van der Waals surface area contributed by atoms with Gasteiger partial charge in [0.05, 0.1) is 0 Å².